The van der Waals surface area contributed by atoms with Gasteiger partial charge in [0.25, 0.3) is 5.91 Å². The molecule has 2 N–H and O–H groups in total. The first kappa shape index (κ1) is 17.0. The molecular formula is C16H22N4O3. The van der Waals surface area contributed by atoms with E-state index in [-0.39, 0.29) is 17.6 Å². The number of nitrogens with zero attached hydrogens (tertiary/aromatic N) is 2. The van der Waals surface area contributed by atoms with Crippen LogP contribution in [0.2, 0.25) is 0 Å². The van der Waals surface area contributed by atoms with Crippen molar-refractivity contribution >= 4 is 23.7 Å². The lowest BCUT2D eigenvalue weighted by Gasteiger charge is -2.08. The Morgan fingerprint density at radius 1 is 1.35 bits per heavy atom. The van der Waals surface area contributed by atoms with Gasteiger partial charge in [0.15, 0.2) is 5.78 Å². The zero-order chi connectivity index (χ0) is 17.1. The van der Waals surface area contributed by atoms with Crippen LogP contribution in [0.5, 0.6) is 0 Å². The molecule has 7 nitrogen and oxygen atoms in total. The summed E-state index contributed by atoms with van der Waals surface area (Å²) in [6, 6.07) is 0. The molecule has 1 aromatic rings. The first-order valence-corrected chi connectivity index (χ1v) is 7.45. The minimum Gasteiger partial charge on any atom is -0.476 e. The lowest BCUT2D eigenvalue weighted by atomic mass is 10.0. The highest BCUT2D eigenvalue weighted by Crippen LogP contribution is 2.22. The molecule has 0 atom stereocenters. The lowest BCUT2D eigenvalue weighted by Crippen LogP contribution is -2.22. The maximum Gasteiger partial charge on any atom is 0.277 e. The van der Waals surface area contributed by atoms with E-state index >= 15 is 0 Å². The summed E-state index contributed by atoms with van der Waals surface area (Å²) in [5, 5.41) is 3.86. The predicted molar refractivity (Wildman–Crippen MR) is 88.3 cm³/mol. The number of aryl methyl sites for hydroxylation is 1. The van der Waals surface area contributed by atoms with Gasteiger partial charge in [-0.3, -0.25) is 9.59 Å². The van der Waals surface area contributed by atoms with E-state index < -0.39 is 0 Å². The summed E-state index contributed by atoms with van der Waals surface area (Å²) >= 11 is 0. The topological polar surface area (TPSA) is 86.8 Å². The van der Waals surface area contributed by atoms with Gasteiger partial charge < -0.3 is 14.6 Å². The van der Waals surface area contributed by atoms with Crippen molar-refractivity contribution in [2.24, 2.45) is 5.10 Å². The average Bonchev–Trinajstić information content (AvgIpc) is 2.92. The van der Waals surface area contributed by atoms with Crippen molar-refractivity contribution in [1.82, 2.24) is 15.3 Å². The zero-order valence-electron chi connectivity index (χ0n) is 14.1. The van der Waals surface area contributed by atoms with Crippen LogP contribution in [0.15, 0.2) is 10.7 Å². The van der Waals surface area contributed by atoms with E-state index in [4.69, 9.17) is 4.74 Å². The Kier molecular flexibility index (Phi) is 5.00. The summed E-state index contributed by atoms with van der Waals surface area (Å²) in [7, 11) is 3.71. The molecule has 1 amide bonds. The normalized spacial score (nSPS) is 16.0. The zero-order valence-corrected chi connectivity index (χ0v) is 14.1. The van der Waals surface area contributed by atoms with E-state index in [0.717, 1.165) is 11.3 Å². The number of hydrazone groups is 1. The Hall–Kier alpha value is -2.41. The van der Waals surface area contributed by atoms with Gasteiger partial charge in [-0.05, 0) is 46.5 Å². The number of rotatable bonds is 5. The average molecular weight is 318 g/mol. The van der Waals surface area contributed by atoms with Crippen molar-refractivity contribution in [1.29, 1.82) is 0 Å². The molecule has 23 heavy (non-hydrogen) atoms. The molecule has 0 unspecified atom stereocenters. The number of hydrogen-bond acceptors (Lipinski definition) is 5. The Morgan fingerprint density at radius 2 is 2.04 bits per heavy atom. The van der Waals surface area contributed by atoms with Crippen molar-refractivity contribution in [2.75, 3.05) is 27.2 Å². The first-order valence-electron chi connectivity index (χ1n) is 7.45. The summed E-state index contributed by atoms with van der Waals surface area (Å²) in [5.41, 5.74) is 5.71. The molecular weight excluding hydrogens is 296 g/mol. The van der Waals surface area contributed by atoms with Crippen LogP contribution in [0, 0.1) is 13.8 Å². The third kappa shape index (κ3) is 3.50. The Bertz CT molecular complexity index is 698. The number of aromatic nitrogens is 1. The van der Waals surface area contributed by atoms with Gasteiger partial charge >= 0.3 is 0 Å². The Morgan fingerprint density at radius 3 is 2.65 bits per heavy atom. The second-order valence-corrected chi connectivity index (χ2v) is 5.67. The third-order valence-electron chi connectivity index (χ3n) is 3.52. The first-order chi connectivity index (χ1) is 10.8. The van der Waals surface area contributed by atoms with Gasteiger partial charge in [0.1, 0.15) is 5.57 Å². The van der Waals surface area contributed by atoms with Gasteiger partial charge in [0, 0.05) is 17.0 Å². The number of H-pyrrole nitrogens is 1. The van der Waals surface area contributed by atoms with Crippen LogP contribution in [-0.4, -0.2) is 54.7 Å². The number of aromatic amines is 1. The Labute approximate surface area is 135 Å². The largest absolute Gasteiger partial charge is 0.476 e. The van der Waals surface area contributed by atoms with Crippen molar-refractivity contribution in [3.63, 3.8) is 0 Å². The molecule has 0 radical (unpaired) electrons. The van der Waals surface area contributed by atoms with Crippen LogP contribution in [0.25, 0.3) is 6.08 Å². The van der Waals surface area contributed by atoms with Gasteiger partial charge in [-0.1, -0.05) is 0 Å². The molecule has 1 aliphatic rings. The van der Waals surface area contributed by atoms with E-state index in [1.807, 2.05) is 39.8 Å². The molecule has 0 saturated carbocycles. The fourth-order valence-corrected chi connectivity index (χ4v) is 2.54. The second kappa shape index (κ2) is 6.78. The number of ketones is 1. The number of hydrogen-bond donors (Lipinski definition) is 2. The van der Waals surface area contributed by atoms with Crippen molar-refractivity contribution in [3.05, 3.63) is 28.1 Å². The highest BCUT2D eigenvalue weighted by molar-refractivity contribution is 6.24. The van der Waals surface area contributed by atoms with Gasteiger partial charge in [-0.25, -0.2) is 5.43 Å². The Balaban J connectivity index is 2.38. The maximum absolute atomic E-state index is 12.4. The van der Waals surface area contributed by atoms with Crippen LogP contribution in [0.4, 0.5) is 0 Å². The number of nitrogens with one attached hydrogen (secondary N) is 2. The monoisotopic (exact) mass is 318 g/mol. The van der Waals surface area contributed by atoms with Crippen LogP contribution in [0.1, 0.15) is 34.2 Å². The van der Waals surface area contributed by atoms with Crippen LogP contribution in [-0.2, 0) is 9.53 Å². The number of carbonyl (C=O) groups is 2. The minimum atomic E-state index is -0.318. The van der Waals surface area contributed by atoms with Crippen LogP contribution >= 0.6 is 0 Å². The van der Waals surface area contributed by atoms with E-state index in [9.17, 15) is 9.59 Å². The highest BCUT2D eigenvalue weighted by Gasteiger charge is 2.25. The van der Waals surface area contributed by atoms with Crippen molar-refractivity contribution in [3.8, 4) is 0 Å². The van der Waals surface area contributed by atoms with Crippen molar-refractivity contribution < 1.29 is 14.3 Å². The number of carbonyl (C=O) groups excluding carboxylic acids is 2. The fraction of sp³-hybridized carbons (Fsp3) is 0.438. The summed E-state index contributed by atoms with van der Waals surface area (Å²) in [4.78, 5) is 29.3. The fourth-order valence-electron chi connectivity index (χ4n) is 2.54. The molecule has 1 aliphatic heterocycles. The third-order valence-corrected chi connectivity index (χ3v) is 3.52. The molecule has 1 aromatic heterocycles. The smallest absolute Gasteiger partial charge is 0.277 e. The van der Waals surface area contributed by atoms with Gasteiger partial charge in [-0.2, -0.15) is 0 Å². The minimum absolute atomic E-state index is 0.0421. The quantitative estimate of drug-likeness (QED) is 0.632. The lowest BCUT2D eigenvalue weighted by molar-refractivity contribution is -0.116. The molecule has 124 valence electrons. The molecule has 0 aliphatic carbocycles. The molecule has 0 saturated heterocycles. The molecule has 0 spiro atoms. The van der Waals surface area contributed by atoms with Crippen LogP contribution in [0.3, 0.4) is 0 Å². The van der Waals surface area contributed by atoms with Gasteiger partial charge in [0.2, 0.25) is 5.90 Å². The highest BCUT2D eigenvalue weighted by atomic mass is 16.5. The van der Waals surface area contributed by atoms with E-state index in [1.165, 1.54) is 0 Å². The summed E-state index contributed by atoms with van der Waals surface area (Å²) in [6.45, 7) is 6.29. The number of likely N-dealkylation sites (N-methyl/N-ethyl adjacent to an activating group) is 1. The molecule has 0 bridgehead atoms. The van der Waals surface area contributed by atoms with Gasteiger partial charge in [0.05, 0.1) is 13.2 Å². The summed E-state index contributed by atoms with van der Waals surface area (Å²) in [6.07, 6.45) is 1.67. The van der Waals surface area contributed by atoms with Crippen molar-refractivity contribution in [2.45, 2.75) is 20.8 Å². The standard InChI is InChI=1S/C16H22N4O3/c1-6-23-16-11(15(22)18-19-16)7-12-9(2)14(10(3)17-12)13(21)8-20(4)5/h7,17H,6,8H2,1-5H3,(H,18,22). The SMILES string of the molecule is CCOC1=NNC(=O)C1=Cc1[nH]c(C)c(C(=O)CN(C)C)c1C. The van der Waals surface area contributed by atoms with Gasteiger partial charge in [-0.15, -0.1) is 5.10 Å². The molecule has 0 fully saturated rings. The molecule has 7 heteroatoms. The number of Topliss-reactive ketones (excluding diaryl/α,β-unsaturated/α-hetero) is 1. The maximum atomic E-state index is 12.4. The van der Waals surface area contributed by atoms with E-state index in [0.29, 0.717) is 30.0 Å². The molecule has 2 rings (SSSR count). The van der Waals surface area contributed by atoms with Crippen LogP contribution < -0.4 is 5.43 Å². The summed E-state index contributed by atoms with van der Waals surface area (Å²) in [5.74, 6) is -0.00735. The molecule has 2 heterocycles. The second-order valence-electron chi connectivity index (χ2n) is 5.67. The van der Waals surface area contributed by atoms with E-state index in [2.05, 4.69) is 15.5 Å². The molecule has 0 aromatic carbocycles. The summed E-state index contributed by atoms with van der Waals surface area (Å²) < 4.78 is 5.35. The predicted octanol–water partition coefficient (Wildman–Crippen LogP) is 1.24. The number of amides is 1. The number of ether oxygens (including phenoxy) is 1. The van der Waals surface area contributed by atoms with E-state index in [1.54, 1.807) is 6.08 Å².